The van der Waals surface area contributed by atoms with Crippen molar-refractivity contribution < 1.29 is 4.79 Å². The maximum absolute atomic E-state index is 12.1. The Morgan fingerprint density at radius 3 is 2.64 bits per heavy atom. The number of aromatic nitrogens is 5. The molecule has 2 heterocycles. The molecule has 7 nitrogen and oxygen atoms in total. The standard InChI is InChI=1S/C20H26N6O.ClH/c21-20-22-13-17(23-20)10-6-11-18-14-26(25-24-18)15-19(27)12-5-4-9-16-7-2-1-3-8-16;/h1-3,7-8,13-14H,4-6,9-12,15H2,(H3,21,22,23);1H. The van der Waals surface area contributed by atoms with Gasteiger partial charge in [-0.25, -0.2) is 9.67 Å². The van der Waals surface area contributed by atoms with Crippen LogP contribution < -0.4 is 5.73 Å². The summed E-state index contributed by atoms with van der Waals surface area (Å²) in [6.07, 6.45) is 9.74. The maximum atomic E-state index is 12.1. The lowest BCUT2D eigenvalue weighted by atomic mass is 10.1. The molecule has 28 heavy (non-hydrogen) atoms. The van der Waals surface area contributed by atoms with E-state index in [0.29, 0.717) is 18.9 Å². The molecule has 0 amide bonds. The highest BCUT2D eigenvalue weighted by atomic mass is 35.5. The minimum atomic E-state index is 0. The topological polar surface area (TPSA) is 102 Å². The molecule has 0 aliphatic carbocycles. The number of anilines is 1. The van der Waals surface area contributed by atoms with Gasteiger partial charge in [-0.3, -0.25) is 4.79 Å². The summed E-state index contributed by atoms with van der Waals surface area (Å²) in [5, 5.41) is 8.22. The van der Waals surface area contributed by atoms with Gasteiger partial charge in [0, 0.05) is 18.3 Å². The molecule has 0 bridgehead atoms. The van der Waals surface area contributed by atoms with Crippen LogP contribution in [0.5, 0.6) is 0 Å². The van der Waals surface area contributed by atoms with E-state index in [4.69, 9.17) is 5.73 Å². The van der Waals surface area contributed by atoms with Gasteiger partial charge in [0.15, 0.2) is 11.7 Å². The Labute approximate surface area is 171 Å². The summed E-state index contributed by atoms with van der Waals surface area (Å²) in [7, 11) is 0. The number of rotatable bonds is 11. The van der Waals surface area contributed by atoms with Gasteiger partial charge in [0.2, 0.25) is 0 Å². The lowest BCUT2D eigenvalue weighted by Crippen LogP contribution is -2.10. The Kier molecular flexibility index (Phi) is 8.68. The molecule has 0 unspecified atom stereocenters. The fourth-order valence-corrected chi connectivity index (χ4v) is 3.05. The highest BCUT2D eigenvalue weighted by Crippen LogP contribution is 2.08. The van der Waals surface area contributed by atoms with Crippen molar-refractivity contribution in [3.05, 3.63) is 59.7 Å². The van der Waals surface area contributed by atoms with E-state index in [2.05, 4.69) is 32.4 Å². The van der Waals surface area contributed by atoms with Crippen molar-refractivity contribution in [2.24, 2.45) is 0 Å². The third-order valence-corrected chi connectivity index (χ3v) is 4.47. The number of benzene rings is 1. The van der Waals surface area contributed by atoms with Crippen LogP contribution in [0.3, 0.4) is 0 Å². The van der Waals surface area contributed by atoms with E-state index < -0.39 is 0 Å². The number of halogens is 1. The van der Waals surface area contributed by atoms with Gasteiger partial charge in [0.25, 0.3) is 0 Å². The first-order chi connectivity index (χ1) is 13.2. The first kappa shape index (κ1) is 21.6. The first-order valence-corrected chi connectivity index (χ1v) is 9.43. The summed E-state index contributed by atoms with van der Waals surface area (Å²) < 4.78 is 1.64. The van der Waals surface area contributed by atoms with Crippen LogP contribution in [0.15, 0.2) is 42.7 Å². The Hall–Kier alpha value is -2.67. The predicted octanol–water partition coefficient (Wildman–Crippen LogP) is 3.16. The molecule has 3 N–H and O–H groups in total. The summed E-state index contributed by atoms with van der Waals surface area (Å²) in [5.74, 6) is 0.644. The summed E-state index contributed by atoms with van der Waals surface area (Å²) in [4.78, 5) is 19.1. The van der Waals surface area contributed by atoms with Crippen molar-refractivity contribution in [2.75, 3.05) is 5.73 Å². The summed E-state index contributed by atoms with van der Waals surface area (Å²) >= 11 is 0. The SMILES string of the molecule is Cl.Nc1ncc(CCCc2cn(CC(=O)CCCCc3ccccc3)nn2)[nH]1. The molecule has 0 atom stereocenters. The average Bonchev–Trinajstić information content (AvgIpc) is 3.29. The van der Waals surface area contributed by atoms with E-state index in [0.717, 1.165) is 49.9 Å². The smallest absolute Gasteiger partial charge is 0.197 e. The van der Waals surface area contributed by atoms with Crippen molar-refractivity contribution in [3.63, 3.8) is 0 Å². The van der Waals surface area contributed by atoms with Gasteiger partial charge in [-0.2, -0.15) is 0 Å². The Morgan fingerprint density at radius 1 is 1.07 bits per heavy atom. The number of Topliss-reactive ketones (excluding diaryl/α,β-unsaturated/α-hetero) is 1. The second-order valence-electron chi connectivity index (χ2n) is 6.79. The number of nitrogens with zero attached hydrogens (tertiary/aromatic N) is 4. The Balaban J connectivity index is 0.00000280. The predicted molar refractivity (Wildman–Crippen MR) is 111 cm³/mol. The summed E-state index contributed by atoms with van der Waals surface area (Å²) in [5.41, 5.74) is 8.80. The van der Waals surface area contributed by atoms with Crippen LogP contribution in [-0.4, -0.2) is 30.7 Å². The van der Waals surface area contributed by atoms with E-state index in [1.807, 2.05) is 24.4 Å². The second kappa shape index (κ2) is 11.2. The van der Waals surface area contributed by atoms with Gasteiger partial charge < -0.3 is 10.7 Å². The van der Waals surface area contributed by atoms with Gasteiger partial charge in [0.1, 0.15) is 6.54 Å². The molecule has 3 aromatic rings. The van der Waals surface area contributed by atoms with Crippen LogP contribution in [0.2, 0.25) is 0 Å². The quantitative estimate of drug-likeness (QED) is 0.479. The van der Waals surface area contributed by atoms with Gasteiger partial charge in [-0.15, -0.1) is 17.5 Å². The van der Waals surface area contributed by atoms with Crippen molar-refractivity contribution in [1.82, 2.24) is 25.0 Å². The van der Waals surface area contributed by atoms with E-state index in [1.54, 1.807) is 10.9 Å². The molecule has 0 aliphatic rings. The summed E-state index contributed by atoms with van der Waals surface area (Å²) in [6.45, 7) is 0.301. The molecular weight excluding hydrogens is 376 g/mol. The summed E-state index contributed by atoms with van der Waals surface area (Å²) in [6, 6.07) is 10.4. The molecule has 3 rings (SSSR count). The number of nitrogens with one attached hydrogen (secondary N) is 1. The molecule has 1 aromatic carbocycles. The first-order valence-electron chi connectivity index (χ1n) is 9.43. The van der Waals surface area contributed by atoms with Gasteiger partial charge in [-0.05, 0) is 44.1 Å². The molecular formula is C20H27ClN6O. The van der Waals surface area contributed by atoms with Crippen molar-refractivity contribution >= 4 is 24.1 Å². The molecule has 0 saturated carbocycles. The lowest BCUT2D eigenvalue weighted by Gasteiger charge is -2.02. The fraction of sp³-hybridized carbons (Fsp3) is 0.400. The number of carbonyl (C=O) groups excluding carboxylic acids is 1. The number of hydrogen-bond donors (Lipinski definition) is 2. The number of nitrogen functional groups attached to an aromatic ring is 1. The van der Waals surface area contributed by atoms with Gasteiger partial charge in [0.05, 0.1) is 11.9 Å². The van der Waals surface area contributed by atoms with E-state index in [-0.39, 0.29) is 18.2 Å². The van der Waals surface area contributed by atoms with E-state index in [9.17, 15) is 4.79 Å². The second-order valence-corrected chi connectivity index (χ2v) is 6.79. The number of hydrogen-bond acceptors (Lipinski definition) is 5. The van der Waals surface area contributed by atoms with Crippen LogP contribution in [0.25, 0.3) is 0 Å². The molecule has 8 heteroatoms. The van der Waals surface area contributed by atoms with Crippen LogP contribution >= 0.6 is 12.4 Å². The van der Waals surface area contributed by atoms with Crippen LogP contribution in [0.1, 0.15) is 42.6 Å². The molecule has 2 aromatic heterocycles. The number of unbranched alkanes of at least 4 members (excludes halogenated alkanes) is 1. The molecule has 0 aliphatic heterocycles. The molecule has 0 spiro atoms. The zero-order valence-electron chi connectivity index (χ0n) is 15.9. The van der Waals surface area contributed by atoms with Crippen molar-refractivity contribution in [3.8, 4) is 0 Å². The molecule has 0 fully saturated rings. The minimum absolute atomic E-state index is 0. The highest BCUT2D eigenvalue weighted by molar-refractivity contribution is 5.85. The lowest BCUT2D eigenvalue weighted by molar-refractivity contribution is -0.119. The number of ketones is 1. The molecule has 0 radical (unpaired) electrons. The van der Waals surface area contributed by atoms with E-state index >= 15 is 0 Å². The molecule has 0 saturated heterocycles. The third-order valence-electron chi connectivity index (χ3n) is 4.47. The van der Waals surface area contributed by atoms with Gasteiger partial charge in [-0.1, -0.05) is 35.5 Å². The third kappa shape index (κ3) is 7.15. The zero-order chi connectivity index (χ0) is 18.9. The minimum Gasteiger partial charge on any atom is -0.369 e. The number of aromatic amines is 1. The van der Waals surface area contributed by atoms with Gasteiger partial charge >= 0.3 is 0 Å². The van der Waals surface area contributed by atoms with Crippen LogP contribution in [0.4, 0.5) is 5.95 Å². The zero-order valence-corrected chi connectivity index (χ0v) is 16.7. The van der Waals surface area contributed by atoms with Crippen LogP contribution in [-0.2, 0) is 30.6 Å². The van der Waals surface area contributed by atoms with E-state index in [1.165, 1.54) is 5.56 Å². The number of aryl methyl sites for hydroxylation is 3. The Morgan fingerprint density at radius 2 is 1.89 bits per heavy atom. The Bertz CT molecular complexity index is 845. The largest absolute Gasteiger partial charge is 0.369 e. The number of H-pyrrole nitrogens is 1. The number of nitrogens with two attached hydrogens (primary N) is 1. The van der Waals surface area contributed by atoms with Crippen molar-refractivity contribution in [2.45, 2.75) is 51.5 Å². The normalized spacial score (nSPS) is 10.6. The molecule has 150 valence electrons. The maximum Gasteiger partial charge on any atom is 0.197 e. The number of carbonyl (C=O) groups is 1. The van der Waals surface area contributed by atoms with Crippen LogP contribution in [0, 0.1) is 0 Å². The fourth-order valence-electron chi connectivity index (χ4n) is 3.05. The number of imidazole rings is 1. The van der Waals surface area contributed by atoms with Crippen molar-refractivity contribution in [1.29, 1.82) is 0 Å². The monoisotopic (exact) mass is 402 g/mol. The average molecular weight is 403 g/mol. The highest BCUT2D eigenvalue weighted by Gasteiger charge is 2.07.